The molecule has 2 atom stereocenters. The minimum absolute atomic E-state index is 0.0411. The first-order valence-corrected chi connectivity index (χ1v) is 11.2. The first-order chi connectivity index (χ1) is 15.3. The number of cyclic esters (lactones) is 2. The van der Waals surface area contributed by atoms with Crippen LogP contribution in [0.2, 0.25) is 0 Å². The molecule has 170 valence electrons. The molecular weight excluding hydrogens is 412 g/mol. The highest BCUT2D eigenvalue weighted by atomic mass is 16.5. The van der Waals surface area contributed by atoms with Crippen LogP contribution in [0.4, 0.5) is 0 Å². The molecule has 0 aliphatic carbocycles. The van der Waals surface area contributed by atoms with Gasteiger partial charge in [-0.25, -0.2) is 9.59 Å². The van der Waals surface area contributed by atoms with Gasteiger partial charge < -0.3 is 24.4 Å². The summed E-state index contributed by atoms with van der Waals surface area (Å²) in [7, 11) is 0. The number of rotatable bonds is 4. The van der Waals surface area contributed by atoms with E-state index < -0.39 is 11.5 Å². The maximum absolute atomic E-state index is 13.3. The van der Waals surface area contributed by atoms with Gasteiger partial charge in [0.25, 0.3) is 0 Å². The molecule has 0 radical (unpaired) electrons. The summed E-state index contributed by atoms with van der Waals surface area (Å²) in [4.78, 5) is 40.5. The van der Waals surface area contributed by atoms with Crippen molar-refractivity contribution in [3.63, 3.8) is 0 Å². The average molecular weight is 440 g/mol. The Kier molecular flexibility index (Phi) is 5.09. The Labute approximate surface area is 186 Å². The van der Waals surface area contributed by atoms with Gasteiger partial charge in [-0.15, -0.1) is 0 Å². The number of carbonyl (C=O) groups is 3. The average Bonchev–Trinajstić information content (AvgIpc) is 3.41. The third kappa shape index (κ3) is 3.33. The largest absolute Gasteiger partial charge is 0.457 e. The van der Waals surface area contributed by atoms with Crippen molar-refractivity contribution in [1.29, 1.82) is 0 Å². The van der Waals surface area contributed by atoms with E-state index in [0.29, 0.717) is 17.8 Å². The fourth-order valence-corrected chi connectivity index (χ4v) is 5.77. The molecule has 1 spiro atoms. The number of nitrogens with zero attached hydrogens (tertiary/aromatic N) is 2. The van der Waals surface area contributed by atoms with Crippen molar-refractivity contribution in [2.24, 2.45) is 5.41 Å². The van der Waals surface area contributed by atoms with Crippen molar-refractivity contribution in [3.8, 4) is 0 Å². The van der Waals surface area contributed by atoms with Crippen molar-refractivity contribution < 1.29 is 29.0 Å². The first-order valence-electron chi connectivity index (χ1n) is 11.2. The van der Waals surface area contributed by atoms with Crippen LogP contribution in [-0.2, 0) is 25.7 Å². The summed E-state index contributed by atoms with van der Waals surface area (Å²) in [5.41, 5.74) is 3.42. The van der Waals surface area contributed by atoms with E-state index in [-0.39, 0.29) is 37.1 Å². The van der Waals surface area contributed by atoms with E-state index in [4.69, 9.17) is 9.47 Å². The van der Waals surface area contributed by atoms with E-state index in [1.807, 2.05) is 19.9 Å². The monoisotopic (exact) mass is 440 g/mol. The number of fused-ring (bicyclic) bond motifs is 1. The number of amides is 1. The summed E-state index contributed by atoms with van der Waals surface area (Å²) in [6, 6.07) is 3.59. The molecule has 5 rings (SSSR count). The molecule has 8 heteroatoms. The zero-order valence-electron chi connectivity index (χ0n) is 18.4. The highest BCUT2D eigenvalue weighted by Gasteiger charge is 2.52. The van der Waals surface area contributed by atoms with Crippen molar-refractivity contribution in [2.75, 3.05) is 26.2 Å². The van der Waals surface area contributed by atoms with Gasteiger partial charge in [-0.2, -0.15) is 0 Å². The first kappa shape index (κ1) is 21.2. The number of aliphatic hydroxyl groups excluding tert-OH is 1. The second-order valence-electron chi connectivity index (χ2n) is 9.45. The van der Waals surface area contributed by atoms with Crippen molar-refractivity contribution in [1.82, 2.24) is 9.80 Å². The van der Waals surface area contributed by atoms with Gasteiger partial charge in [0, 0.05) is 24.2 Å². The Balaban J connectivity index is 1.24. The highest BCUT2D eigenvalue weighted by molar-refractivity contribution is 5.94. The van der Waals surface area contributed by atoms with Crippen LogP contribution in [-0.4, -0.2) is 65.0 Å². The molecule has 4 aliphatic rings. The van der Waals surface area contributed by atoms with E-state index in [2.05, 4.69) is 4.90 Å². The van der Waals surface area contributed by atoms with Gasteiger partial charge in [0.05, 0.1) is 22.8 Å². The second kappa shape index (κ2) is 7.71. The summed E-state index contributed by atoms with van der Waals surface area (Å²) in [5, 5.41) is 10.9. The van der Waals surface area contributed by atoms with Gasteiger partial charge in [-0.1, -0.05) is 6.07 Å². The maximum atomic E-state index is 13.3. The third-order valence-electron chi connectivity index (χ3n) is 7.57. The van der Waals surface area contributed by atoms with E-state index in [9.17, 15) is 19.5 Å². The lowest BCUT2D eigenvalue weighted by atomic mass is 9.76. The smallest absolute Gasteiger partial charge is 0.338 e. The molecule has 1 amide bonds. The molecular formula is C24H28N2O6. The predicted octanol–water partition coefficient (Wildman–Crippen LogP) is 1.84. The minimum Gasteiger partial charge on any atom is -0.457 e. The number of hydrogen-bond donors (Lipinski definition) is 1. The standard InChI is InChI=1S/C24H28N2O6/c1-14-10-24(23(30)26(14)16-9-21(28)31-12-16)5-7-25(8-6-24)11-20(27)17-3-4-18-19(15(17)2)13-32-22(18)29/h3-4,9,14,20,27H,5-8,10-13H2,1-2H3/t14-,20-/m0/s1. The Morgan fingerprint density at radius 2 is 1.91 bits per heavy atom. The molecule has 2 saturated heterocycles. The number of benzene rings is 1. The SMILES string of the molecule is Cc1c([C@@H](O)CN2CCC3(CC2)C[C@H](C)N(C2=CC(=O)OC2)C3=O)ccc2c1COC2=O. The molecule has 1 aromatic rings. The van der Waals surface area contributed by atoms with Crippen LogP contribution in [0.25, 0.3) is 0 Å². The minimum atomic E-state index is -0.674. The number of esters is 2. The maximum Gasteiger partial charge on any atom is 0.338 e. The molecule has 0 aromatic heterocycles. The van der Waals surface area contributed by atoms with E-state index >= 15 is 0 Å². The number of ether oxygens (including phenoxy) is 2. The summed E-state index contributed by atoms with van der Waals surface area (Å²) in [6.45, 7) is 6.30. The Morgan fingerprint density at radius 1 is 1.16 bits per heavy atom. The summed E-state index contributed by atoms with van der Waals surface area (Å²) >= 11 is 0. The van der Waals surface area contributed by atoms with Gasteiger partial charge in [0.1, 0.15) is 13.2 Å². The zero-order valence-corrected chi connectivity index (χ0v) is 18.4. The Hall–Kier alpha value is -2.71. The number of carbonyl (C=O) groups excluding carboxylic acids is 3. The van der Waals surface area contributed by atoms with Gasteiger partial charge in [0.2, 0.25) is 5.91 Å². The number of β-amino-alcohol motifs (C(OH)–C–C–N with tert-alkyl or cyclic N) is 1. The van der Waals surface area contributed by atoms with Crippen LogP contribution in [0.1, 0.15) is 59.3 Å². The lowest BCUT2D eigenvalue weighted by Crippen LogP contribution is -2.45. The van der Waals surface area contributed by atoms with Crippen LogP contribution in [0.15, 0.2) is 23.9 Å². The Morgan fingerprint density at radius 3 is 2.59 bits per heavy atom. The molecule has 8 nitrogen and oxygen atoms in total. The van der Waals surface area contributed by atoms with Gasteiger partial charge >= 0.3 is 11.9 Å². The second-order valence-corrected chi connectivity index (χ2v) is 9.45. The number of hydrogen-bond acceptors (Lipinski definition) is 7. The summed E-state index contributed by atoms with van der Waals surface area (Å²) in [5.74, 6) is -0.601. The fourth-order valence-electron chi connectivity index (χ4n) is 5.77. The van der Waals surface area contributed by atoms with Crippen LogP contribution >= 0.6 is 0 Å². The third-order valence-corrected chi connectivity index (χ3v) is 7.57. The Bertz CT molecular complexity index is 1020. The highest BCUT2D eigenvalue weighted by Crippen LogP contribution is 2.46. The fraction of sp³-hybridized carbons (Fsp3) is 0.542. The molecule has 2 fully saturated rings. The quantitative estimate of drug-likeness (QED) is 0.714. The predicted molar refractivity (Wildman–Crippen MR) is 113 cm³/mol. The molecule has 0 saturated carbocycles. The molecule has 0 unspecified atom stereocenters. The van der Waals surface area contributed by atoms with Crippen LogP contribution in [0, 0.1) is 12.3 Å². The molecule has 4 heterocycles. The zero-order chi connectivity index (χ0) is 22.6. The topological polar surface area (TPSA) is 96.4 Å². The lowest BCUT2D eigenvalue weighted by Gasteiger charge is -2.38. The number of piperidine rings is 1. The van der Waals surface area contributed by atoms with Crippen molar-refractivity contribution in [2.45, 2.75) is 51.9 Å². The molecule has 4 aliphatic heterocycles. The van der Waals surface area contributed by atoms with Crippen LogP contribution < -0.4 is 0 Å². The molecule has 32 heavy (non-hydrogen) atoms. The molecule has 1 aromatic carbocycles. The van der Waals surface area contributed by atoms with Crippen molar-refractivity contribution in [3.05, 3.63) is 46.2 Å². The van der Waals surface area contributed by atoms with E-state index in [1.165, 1.54) is 6.08 Å². The van der Waals surface area contributed by atoms with E-state index in [0.717, 1.165) is 49.0 Å². The van der Waals surface area contributed by atoms with Gasteiger partial charge in [0.15, 0.2) is 0 Å². The van der Waals surface area contributed by atoms with Gasteiger partial charge in [-0.3, -0.25) is 4.79 Å². The van der Waals surface area contributed by atoms with Crippen LogP contribution in [0.5, 0.6) is 0 Å². The number of aliphatic hydroxyl groups is 1. The summed E-state index contributed by atoms with van der Waals surface area (Å²) < 4.78 is 10.1. The van der Waals surface area contributed by atoms with Crippen LogP contribution in [0.3, 0.4) is 0 Å². The normalized spacial score (nSPS) is 25.7. The van der Waals surface area contributed by atoms with Gasteiger partial charge in [-0.05, 0) is 63.4 Å². The van der Waals surface area contributed by atoms with E-state index in [1.54, 1.807) is 11.0 Å². The lowest BCUT2D eigenvalue weighted by molar-refractivity contribution is -0.139. The van der Waals surface area contributed by atoms with Crippen molar-refractivity contribution >= 4 is 17.8 Å². The number of likely N-dealkylation sites (tertiary alicyclic amines) is 2. The molecule has 1 N–H and O–H groups in total. The molecule has 0 bridgehead atoms. The summed E-state index contributed by atoms with van der Waals surface area (Å²) in [6.07, 6.45) is 2.98.